The van der Waals surface area contributed by atoms with Crippen LogP contribution in [0, 0.1) is 0 Å². The van der Waals surface area contributed by atoms with Crippen LogP contribution in [0.3, 0.4) is 0 Å². The standard InChI is InChI=1S/C12H25N3O2/c1-14(2)12(16)8-10(9-13)15-6-4-11(17-3)5-7-15/h10-11H,4-9,13H2,1-3H3. The number of nitrogens with zero attached hydrogens (tertiary/aromatic N) is 2. The number of carbonyl (C=O) groups excluding carboxylic acids is 1. The van der Waals surface area contributed by atoms with Gasteiger partial charge in [0, 0.05) is 53.3 Å². The molecule has 1 saturated heterocycles. The molecule has 5 nitrogen and oxygen atoms in total. The van der Waals surface area contributed by atoms with E-state index in [1.807, 2.05) is 0 Å². The van der Waals surface area contributed by atoms with Gasteiger partial charge in [-0.05, 0) is 12.8 Å². The lowest BCUT2D eigenvalue weighted by Crippen LogP contribution is -2.48. The Labute approximate surface area is 104 Å². The summed E-state index contributed by atoms with van der Waals surface area (Å²) >= 11 is 0. The first-order valence-electron chi connectivity index (χ1n) is 6.25. The van der Waals surface area contributed by atoms with Gasteiger partial charge in [-0.2, -0.15) is 0 Å². The Morgan fingerprint density at radius 1 is 1.47 bits per heavy atom. The molecule has 1 aliphatic heterocycles. The monoisotopic (exact) mass is 243 g/mol. The third-order valence-corrected chi connectivity index (χ3v) is 3.51. The Kier molecular flexibility index (Phi) is 5.88. The topological polar surface area (TPSA) is 58.8 Å². The lowest BCUT2D eigenvalue weighted by atomic mass is 10.0. The minimum atomic E-state index is 0.148. The van der Waals surface area contributed by atoms with Crippen molar-refractivity contribution in [3.05, 3.63) is 0 Å². The molecular weight excluding hydrogens is 218 g/mol. The van der Waals surface area contributed by atoms with Crippen LogP contribution in [-0.4, -0.2) is 68.7 Å². The summed E-state index contributed by atoms with van der Waals surface area (Å²) in [7, 11) is 5.33. The van der Waals surface area contributed by atoms with Crippen molar-refractivity contribution in [2.24, 2.45) is 5.73 Å². The molecule has 2 N–H and O–H groups in total. The summed E-state index contributed by atoms with van der Waals surface area (Å²) in [6, 6.07) is 0.169. The highest BCUT2D eigenvalue weighted by molar-refractivity contribution is 5.76. The first-order chi connectivity index (χ1) is 8.08. The SMILES string of the molecule is COC1CCN(C(CN)CC(=O)N(C)C)CC1. The maximum Gasteiger partial charge on any atom is 0.223 e. The molecule has 17 heavy (non-hydrogen) atoms. The average molecular weight is 243 g/mol. The van der Waals surface area contributed by atoms with Crippen molar-refractivity contribution in [1.29, 1.82) is 0 Å². The van der Waals surface area contributed by atoms with Gasteiger partial charge in [0.2, 0.25) is 5.91 Å². The fourth-order valence-corrected chi connectivity index (χ4v) is 2.22. The molecule has 0 aliphatic carbocycles. The van der Waals surface area contributed by atoms with Crippen molar-refractivity contribution < 1.29 is 9.53 Å². The van der Waals surface area contributed by atoms with E-state index in [0.717, 1.165) is 25.9 Å². The van der Waals surface area contributed by atoms with E-state index in [4.69, 9.17) is 10.5 Å². The van der Waals surface area contributed by atoms with Crippen LogP contribution in [0.25, 0.3) is 0 Å². The molecule has 1 aliphatic rings. The lowest BCUT2D eigenvalue weighted by Gasteiger charge is -2.36. The fraction of sp³-hybridized carbons (Fsp3) is 0.917. The second kappa shape index (κ2) is 6.93. The molecule has 0 aromatic carbocycles. The largest absolute Gasteiger partial charge is 0.381 e. The molecule has 0 radical (unpaired) electrons. The molecule has 100 valence electrons. The van der Waals surface area contributed by atoms with Crippen LogP contribution < -0.4 is 5.73 Å². The van der Waals surface area contributed by atoms with Crippen LogP contribution >= 0.6 is 0 Å². The smallest absolute Gasteiger partial charge is 0.223 e. The number of ether oxygens (including phenoxy) is 1. The van der Waals surface area contributed by atoms with Crippen LogP contribution in [0.4, 0.5) is 0 Å². The van der Waals surface area contributed by atoms with Crippen molar-refractivity contribution in [1.82, 2.24) is 9.80 Å². The highest BCUT2D eigenvalue weighted by Gasteiger charge is 2.26. The van der Waals surface area contributed by atoms with E-state index in [9.17, 15) is 4.79 Å². The molecule has 0 spiro atoms. The highest BCUT2D eigenvalue weighted by atomic mass is 16.5. The fourth-order valence-electron chi connectivity index (χ4n) is 2.22. The predicted molar refractivity (Wildman–Crippen MR) is 67.8 cm³/mol. The van der Waals surface area contributed by atoms with Gasteiger partial charge in [0.15, 0.2) is 0 Å². The van der Waals surface area contributed by atoms with E-state index in [1.165, 1.54) is 0 Å². The molecule has 0 bridgehead atoms. The Balaban J connectivity index is 2.43. The highest BCUT2D eigenvalue weighted by Crippen LogP contribution is 2.16. The Morgan fingerprint density at radius 3 is 2.47 bits per heavy atom. The minimum Gasteiger partial charge on any atom is -0.381 e. The van der Waals surface area contributed by atoms with Crippen LogP contribution in [-0.2, 0) is 9.53 Å². The van der Waals surface area contributed by atoms with Crippen LogP contribution in [0.2, 0.25) is 0 Å². The summed E-state index contributed by atoms with van der Waals surface area (Å²) < 4.78 is 5.34. The molecule has 1 unspecified atom stereocenters. The summed E-state index contributed by atoms with van der Waals surface area (Å²) in [5.41, 5.74) is 5.78. The number of methoxy groups -OCH3 is 1. The van der Waals surface area contributed by atoms with Gasteiger partial charge in [-0.25, -0.2) is 0 Å². The molecule has 5 heteroatoms. The third kappa shape index (κ3) is 4.26. The number of amides is 1. The molecule has 0 saturated carbocycles. The average Bonchev–Trinajstić information content (AvgIpc) is 2.35. The first kappa shape index (κ1) is 14.4. The van der Waals surface area contributed by atoms with Crippen molar-refractivity contribution in [2.45, 2.75) is 31.4 Å². The van der Waals surface area contributed by atoms with E-state index in [1.54, 1.807) is 26.1 Å². The maximum atomic E-state index is 11.7. The number of carbonyl (C=O) groups is 1. The Bertz CT molecular complexity index is 238. The van der Waals surface area contributed by atoms with Gasteiger partial charge in [-0.1, -0.05) is 0 Å². The molecule has 0 aromatic rings. The van der Waals surface area contributed by atoms with E-state index < -0.39 is 0 Å². The molecule has 1 rings (SSSR count). The number of nitrogens with two attached hydrogens (primary N) is 1. The third-order valence-electron chi connectivity index (χ3n) is 3.51. The lowest BCUT2D eigenvalue weighted by molar-refractivity contribution is -0.130. The quantitative estimate of drug-likeness (QED) is 0.733. The molecule has 0 aromatic heterocycles. The van der Waals surface area contributed by atoms with Crippen molar-refractivity contribution in [3.8, 4) is 0 Å². The Morgan fingerprint density at radius 2 is 2.06 bits per heavy atom. The number of rotatable bonds is 5. The van der Waals surface area contributed by atoms with Crippen LogP contribution in [0.5, 0.6) is 0 Å². The summed E-state index contributed by atoms with van der Waals surface area (Å²) in [5, 5.41) is 0. The van der Waals surface area contributed by atoms with E-state index in [0.29, 0.717) is 19.1 Å². The van der Waals surface area contributed by atoms with Gasteiger partial charge in [-0.15, -0.1) is 0 Å². The number of hydrogen-bond donors (Lipinski definition) is 1. The molecule has 1 atom stereocenters. The maximum absolute atomic E-state index is 11.7. The summed E-state index contributed by atoms with van der Waals surface area (Å²) in [4.78, 5) is 15.6. The second-order valence-electron chi connectivity index (χ2n) is 4.85. The van der Waals surface area contributed by atoms with Gasteiger partial charge in [0.1, 0.15) is 0 Å². The number of piperidine rings is 1. The zero-order valence-electron chi connectivity index (χ0n) is 11.2. The van der Waals surface area contributed by atoms with Crippen molar-refractivity contribution in [2.75, 3.05) is 40.8 Å². The van der Waals surface area contributed by atoms with Crippen molar-refractivity contribution >= 4 is 5.91 Å². The van der Waals surface area contributed by atoms with Crippen LogP contribution in [0.15, 0.2) is 0 Å². The molecule has 1 amide bonds. The van der Waals surface area contributed by atoms with Gasteiger partial charge < -0.3 is 15.4 Å². The number of hydrogen-bond acceptors (Lipinski definition) is 4. The van der Waals surface area contributed by atoms with Gasteiger partial charge >= 0.3 is 0 Å². The zero-order valence-corrected chi connectivity index (χ0v) is 11.2. The van der Waals surface area contributed by atoms with E-state index in [-0.39, 0.29) is 11.9 Å². The van der Waals surface area contributed by atoms with Crippen molar-refractivity contribution in [3.63, 3.8) is 0 Å². The molecular formula is C12H25N3O2. The molecule has 1 heterocycles. The Hall–Kier alpha value is -0.650. The van der Waals surface area contributed by atoms with Crippen LogP contribution in [0.1, 0.15) is 19.3 Å². The minimum absolute atomic E-state index is 0.148. The predicted octanol–water partition coefficient (Wildman–Crippen LogP) is -0.0972. The summed E-state index contributed by atoms with van der Waals surface area (Å²) in [5.74, 6) is 0.148. The van der Waals surface area contributed by atoms with E-state index >= 15 is 0 Å². The summed E-state index contributed by atoms with van der Waals surface area (Å²) in [6.45, 7) is 2.49. The molecule has 1 fully saturated rings. The second-order valence-corrected chi connectivity index (χ2v) is 4.85. The zero-order chi connectivity index (χ0) is 12.8. The van der Waals surface area contributed by atoms with Gasteiger partial charge in [0.05, 0.1) is 6.10 Å². The first-order valence-corrected chi connectivity index (χ1v) is 6.25. The van der Waals surface area contributed by atoms with Gasteiger partial charge in [-0.3, -0.25) is 9.69 Å². The van der Waals surface area contributed by atoms with Gasteiger partial charge in [0.25, 0.3) is 0 Å². The number of likely N-dealkylation sites (tertiary alicyclic amines) is 1. The van der Waals surface area contributed by atoms with E-state index in [2.05, 4.69) is 4.90 Å². The normalized spacial score (nSPS) is 20.2. The summed E-state index contributed by atoms with van der Waals surface area (Å²) in [6.07, 6.45) is 2.95.